The van der Waals surface area contributed by atoms with Crippen LogP contribution < -0.4 is 5.32 Å². The van der Waals surface area contributed by atoms with Crippen LogP contribution in [0, 0.1) is 5.92 Å². The van der Waals surface area contributed by atoms with Crippen LogP contribution in [0.25, 0.3) is 5.69 Å². The van der Waals surface area contributed by atoms with E-state index >= 15 is 0 Å². The molecular weight excluding hydrogens is 376 g/mol. The number of carbonyl (C=O) groups excluding carboxylic acids is 1. The van der Waals surface area contributed by atoms with Crippen LogP contribution in [0.5, 0.6) is 0 Å². The number of ether oxygens (including phenoxy) is 1. The van der Waals surface area contributed by atoms with Gasteiger partial charge in [0.05, 0.1) is 35.9 Å². The Bertz CT molecular complexity index is 805. The summed E-state index contributed by atoms with van der Waals surface area (Å²) in [5.41, 5.74) is 2.31. The number of carbonyl (C=O) groups is 1. The van der Waals surface area contributed by atoms with Crippen LogP contribution in [0.15, 0.2) is 30.5 Å². The maximum atomic E-state index is 12.8. The van der Waals surface area contributed by atoms with Crippen molar-refractivity contribution >= 4 is 17.5 Å². The van der Waals surface area contributed by atoms with E-state index < -0.39 is 0 Å². The molecule has 0 bridgehead atoms. The zero-order valence-electron chi connectivity index (χ0n) is 16.8. The first-order valence-electron chi connectivity index (χ1n) is 9.93. The van der Waals surface area contributed by atoms with Crippen LogP contribution in [0.1, 0.15) is 36.8 Å². The molecule has 3 rings (SSSR count). The van der Waals surface area contributed by atoms with E-state index in [1.807, 2.05) is 31.2 Å². The van der Waals surface area contributed by atoms with Crippen LogP contribution in [-0.4, -0.2) is 59.5 Å². The van der Waals surface area contributed by atoms with E-state index in [2.05, 4.69) is 29.2 Å². The third-order valence-electron chi connectivity index (χ3n) is 4.84. The van der Waals surface area contributed by atoms with Crippen LogP contribution in [0.3, 0.4) is 0 Å². The summed E-state index contributed by atoms with van der Waals surface area (Å²) in [6.07, 6.45) is 2.34. The molecule has 1 atom stereocenters. The number of aromatic nitrogens is 2. The van der Waals surface area contributed by atoms with Gasteiger partial charge in [0, 0.05) is 31.2 Å². The molecule has 0 saturated carbocycles. The second-order valence-electron chi connectivity index (χ2n) is 7.61. The lowest BCUT2D eigenvalue weighted by Gasteiger charge is -2.33. The van der Waals surface area contributed by atoms with Gasteiger partial charge in [-0.1, -0.05) is 38.4 Å². The molecule has 0 aliphatic carbocycles. The Morgan fingerprint density at radius 2 is 2.25 bits per heavy atom. The molecule has 152 valence electrons. The molecule has 0 unspecified atom stereocenters. The maximum Gasteiger partial charge on any atom is 0.254 e. The van der Waals surface area contributed by atoms with Gasteiger partial charge in [0.15, 0.2) is 0 Å². The van der Waals surface area contributed by atoms with E-state index in [0.717, 1.165) is 31.0 Å². The van der Waals surface area contributed by atoms with Crippen molar-refractivity contribution < 1.29 is 9.53 Å². The smallest absolute Gasteiger partial charge is 0.254 e. The molecule has 1 aliphatic rings. The highest BCUT2D eigenvalue weighted by Crippen LogP contribution is 2.19. The van der Waals surface area contributed by atoms with Crippen LogP contribution >= 0.6 is 11.6 Å². The molecule has 6 nitrogen and oxygen atoms in total. The van der Waals surface area contributed by atoms with Crippen molar-refractivity contribution in [3.05, 3.63) is 46.7 Å². The summed E-state index contributed by atoms with van der Waals surface area (Å²) in [5.74, 6) is 0.507. The fourth-order valence-corrected chi connectivity index (χ4v) is 3.81. The van der Waals surface area contributed by atoms with Crippen molar-refractivity contribution in [2.45, 2.75) is 33.3 Å². The summed E-state index contributed by atoms with van der Waals surface area (Å²) < 4.78 is 7.61. The summed E-state index contributed by atoms with van der Waals surface area (Å²) in [6.45, 7) is 10.5. The van der Waals surface area contributed by atoms with Gasteiger partial charge in [-0.15, -0.1) is 0 Å². The van der Waals surface area contributed by atoms with Crippen molar-refractivity contribution in [2.75, 3.05) is 32.8 Å². The second-order valence-corrected chi connectivity index (χ2v) is 8.04. The molecule has 0 radical (unpaired) electrons. The van der Waals surface area contributed by atoms with Crippen molar-refractivity contribution in [3.63, 3.8) is 0 Å². The number of amides is 1. The Labute approximate surface area is 171 Å². The zero-order valence-corrected chi connectivity index (χ0v) is 17.6. The fourth-order valence-electron chi connectivity index (χ4n) is 3.62. The van der Waals surface area contributed by atoms with Gasteiger partial charge in [0.2, 0.25) is 0 Å². The molecule has 1 aromatic heterocycles. The Morgan fingerprint density at radius 3 is 2.96 bits per heavy atom. The van der Waals surface area contributed by atoms with E-state index in [4.69, 9.17) is 16.3 Å². The number of hydrogen-bond donors (Lipinski definition) is 1. The maximum absolute atomic E-state index is 12.8. The standard InChI is InChI=1S/C21H29ClN4O2/c1-4-20-19(12-24-26(20)17-7-5-6-16(22)10-17)21(27)23-11-18-14-25(8-9-28-18)13-15(2)3/h5-7,10,12,15,18H,4,8-9,11,13-14H2,1-3H3,(H,23,27)/t18-/m1/s1. The Kier molecular flexibility index (Phi) is 7.10. The molecule has 1 saturated heterocycles. The number of halogens is 1. The first kappa shape index (κ1) is 20.8. The number of rotatable bonds is 7. The average molecular weight is 405 g/mol. The number of nitrogens with one attached hydrogen (secondary N) is 1. The lowest BCUT2D eigenvalue weighted by Crippen LogP contribution is -2.48. The lowest BCUT2D eigenvalue weighted by atomic mass is 10.1. The van der Waals surface area contributed by atoms with Gasteiger partial charge in [0.1, 0.15) is 0 Å². The molecule has 2 heterocycles. The second kappa shape index (κ2) is 9.54. The monoisotopic (exact) mass is 404 g/mol. The predicted octanol–water partition coefficient (Wildman–Crippen LogP) is 3.17. The van der Waals surface area contributed by atoms with Gasteiger partial charge < -0.3 is 10.1 Å². The molecule has 7 heteroatoms. The molecule has 1 aliphatic heterocycles. The number of benzene rings is 1. The van der Waals surface area contributed by atoms with Gasteiger partial charge in [-0.05, 0) is 30.5 Å². The van der Waals surface area contributed by atoms with Crippen LogP contribution in [0.4, 0.5) is 0 Å². The average Bonchev–Trinajstić information content (AvgIpc) is 3.10. The van der Waals surface area contributed by atoms with Crippen molar-refractivity contribution in [2.24, 2.45) is 5.92 Å². The largest absolute Gasteiger partial charge is 0.374 e. The zero-order chi connectivity index (χ0) is 20.1. The summed E-state index contributed by atoms with van der Waals surface area (Å²) >= 11 is 6.10. The van der Waals surface area contributed by atoms with Crippen molar-refractivity contribution in [3.8, 4) is 5.69 Å². The molecule has 0 spiro atoms. The number of morpholine rings is 1. The minimum atomic E-state index is -0.116. The third-order valence-corrected chi connectivity index (χ3v) is 5.07. The van der Waals surface area contributed by atoms with Gasteiger partial charge in [-0.3, -0.25) is 9.69 Å². The lowest BCUT2D eigenvalue weighted by molar-refractivity contribution is -0.0295. The summed E-state index contributed by atoms with van der Waals surface area (Å²) in [6, 6.07) is 7.47. The van der Waals surface area contributed by atoms with Crippen LogP contribution in [-0.2, 0) is 11.2 Å². The van der Waals surface area contributed by atoms with Gasteiger partial charge in [0.25, 0.3) is 5.91 Å². The SMILES string of the molecule is CCc1c(C(=O)NC[C@@H]2CN(CC(C)C)CCO2)cnn1-c1cccc(Cl)c1. The molecule has 28 heavy (non-hydrogen) atoms. The van der Waals surface area contributed by atoms with Crippen LogP contribution in [0.2, 0.25) is 5.02 Å². The highest BCUT2D eigenvalue weighted by Gasteiger charge is 2.23. The Balaban J connectivity index is 1.65. The van der Waals surface area contributed by atoms with Gasteiger partial charge in [-0.25, -0.2) is 4.68 Å². The number of nitrogens with zero attached hydrogens (tertiary/aromatic N) is 3. The van der Waals surface area contributed by atoms with Gasteiger partial charge >= 0.3 is 0 Å². The van der Waals surface area contributed by atoms with Crippen molar-refractivity contribution in [1.29, 1.82) is 0 Å². The van der Waals surface area contributed by atoms with Gasteiger partial charge in [-0.2, -0.15) is 5.10 Å². The summed E-state index contributed by atoms with van der Waals surface area (Å²) in [7, 11) is 0. The quantitative estimate of drug-likeness (QED) is 0.770. The normalized spacial score (nSPS) is 17.8. The minimum Gasteiger partial charge on any atom is -0.374 e. The molecule has 1 fully saturated rings. The number of hydrogen-bond acceptors (Lipinski definition) is 4. The molecule has 2 aromatic rings. The highest BCUT2D eigenvalue weighted by molar-refractivity contribution is 6.30. The van der Waals surface area contributed by atoms with E-state index in [-0.39, 0.29) is 12.0 Å². The highest BCUT2D eigenvalue weighted by atomic mass is 35.5. The summed E-state index contributed by atoms with van der Waals surface area (Å²) in [5, 5.41) is 8.08. The van der Waals surface area contributed by atoms with Crippen molar-refractivity contribution in [1.82, 2.24) is 20.0 Å². The minimum absolute atomic E-state index is 0.0181. The Hall–Kier alpha value is -1.89. The fraction of sp³-hybridized carbons (Fsp3) is 0.524. The first-order chi connectivity index (χ1) is 13.5. The first-order valence-corrected chi connectivity index (χ1v) is 10.3. The van der Waals surface area contributed by atoms with E-state index in [1.54, 1.807) is 10.9 Å². The van der Waals surface area contributed by atoms with E-state index in [1.165, 1.54) is 0 Å². The predicted molar refractivity (Wildman–Crippen MR) is 111 cm³/mol. The molecular formula is C21H29ClN4O2. The third kappa shape index (κ3) is 5.13. The molecule has 1 amide bonds. The van der Waals surface area contributed by atoms with E-state index in [9.17, 15) is 4.79 Å². The summed E-state index contributed by atoms with van der Waals surface area (Å²) in [4.78, 5) is 15.2. The topological polar surface area (TPSA) is 59.4 Å². The Morgan fingerprint density at radius 1 is 1.43 bits per heavy atom. The molecule has 1 aromatic carbocycles. The van der Waals surface area contributed by atoms with E-state index in [0.29, 0.717) is 36.1 Å². The molecule has 1 N–H and O–H groups in total.